The number of carbonyl (C=O) groups is 3. The van der Waals surface area contributed by atoms with Crippen LogP contribution in [0.15, 0.2) is 54.6 Å². The minimum absolute atomic E-state index is 0.142. The van der Waals surface area contributed by atoms with Gasteiger partial charge in [0.05, 0.1) is 17.5 Å². The van der Waals surface area contributed by atoms with E-state index in [-0.39, 0.29) is 29.2 Å². The van der Waals surface area contributed by atoms with Crippen molar-refractivity contribution in [3.8, 4) is 23.0 Å². The second kappa shape index (κ2) is 8.18. The summed E-state index contributed by atoms with van der Waals surface area (Å²) >= 11 is 0. The van der Waals surface area contributed by atoms with Crippen LogP contribution in [0, 0.1) is 17.7 Å². The number of nitrogens with one attached hydrogen (secondary N) is 2. The van der Waals surface area contributed by atoms with Gasteiger partial charge in [-0.05, 0) is 54.4 Å². The molecule has 11 heteroatoms. The van der Waals surface area contributed by atoms with Crippen molar-refractivity contribution in [3.05, 3.63) is 71.5 Å². The zero-order valence-corrected chi connectivity index (χ0v) is 20.3. The van der Waals surface area contributed by atoms with Gasteiger partial charge in [0, 0.05) is 23.4 Å². The molecule has 0 aliphatic carbocycles. The fourth-order valence-corrected chi connectivity index (χ4v) is 6.32. The third-order valence-electron chi connectivity index (χ3n) is 7.96. The van der Waals surface area contributed by atoms with Crippen molar-refractivity contribution < 1.29 is 38.5 Å². The van der Waals surface area contributed by atoms with Gasteiger partial charge >= 0.3 is 0 Å². The molecule has 4 heterocycles. The smallest absolute Gasteiger partial charge is 0.250 e. The maximum absolute atomic E-state index is 14.5. The molecule has 10 nitrogen and oxygen atoms in total. The summed E-state index contributed by atoms with van der Waals surface area (Å²) in [6.07, 6.45) is 0.142. The van der Waals surface area contributed by atoms with Crippen molar-refractivity contribution in [1.82, 2.24) is 5.32 Å². The Morgan fingerprint density at radius 3 is 2.51 bits per heavy atom. The van der Waals surface area contributed by atoms with E-state index in [9.17, 15) is 29.0 Å². The number of phenolic OH excluding ortho intramolecular Hbond substituents is 2. The summed E-state index contributed by atoms with van der Waals surface area (Å²) in [5.41, 5.74) is -0.245. The molecule has 4 N–H and O–H groups in total. The molecule has 4 atom stereocenters. The maximum atomic E-state index is 14.5. The predicted octanol–water partition coefficient (Wildman–Crippen LogP) is 2.18. The number of hydrogen-bond donors (Lipinski definition) is 4. The molecule has 0 radical (unpaired) electrons. The van der Waals surface area contributed by atoms with Crippen LogP contribution in [0.1, 0.15) is 11.1 Å². The number of ether oxygens (including phenoxy) is 2. The first-order valence-corrected chi connectivity index (χ1v) is 12.5. The van der Waals surface area contributed by atoms with Crippen molar-refractivity contribution in [1.29, 1.82) is 0 Å². The van der Waals surface area contributed by atoms with E-state index in [2.05, 4.69) is 10.6 Å². The van der Waals surface area contributed by atoms with Crippen LogP contribution < -0.4 is 25.0 Å². The van der Waals surface area contributed by atoms with E-state index >= 15 is 0 Å². The average Bonchev–Trinajstić information content (AvgIpc) is 3.50. The summed E-state index contributed by atoms with van der Waals surface area (Å²) in [6.45, 7) is 0.701. The Kier molecular flexibility index (Phi) is 4.92. The van der Waals surface area contributed by atoms with Crippen LogP contribution in [-0.2, 0) is 26.3 Å². The first kappa shape index (κ1) is 23.5. The third-order valence-corrected chi connectivity index (χ3v) is 7.96. The number of rotatable bonds is 3. The van der Waals surface area contributed by atoms with E-state index in [1.54, 1.807) is 24.3 Å². The summed E-state index contributed by atoms with van der Waals surface area (Å²) in [6, 6.07) is 12.1. The number of anilines is 2. The molecule has 3 aromatic carbocycles. The molecule has 3 aromatic rings. The molecule has 39 heavy (non-hydrogen) atoms. The van der Waals surface area contributed by atoms with Gasteiger partial charge in [0.25, 0.3) is 0 Å². The zero-order chi connectivity index (χ0) is 27.1. The van der Waals surface area contributed by atoms with Gasteiger partial charge in [0.15, 0.2) is 23.0 Å². The van der Waals surface area contributed by atoms with Crippen LogP contribution in [0.4, 0.5) is 15.8 Å². The minimum atomic E-state index is -1.69. The number of amides is 3. The van der Waals surface area contributed by atoms with Gasteiger partial charge in [-0.15, -0.1) is 0 Å². The molecule has 4 aliphatic heterocycles. The van der Waals surface area contributed by atoms with E-state index in [1.807, 2.05) is 0 Å². The SMILES string of the molecule is O=C1C2C(Cc3ccc(O)c(O)c3)NC3(C(=O)Nc4ccc(F)cc43)C2C(=O)N1c1ccc2c(c1)OCCO2. The fourth-order valence-electron chi connectivity index (χ4n) is 6.32. The van der Waals surface area contributed by atoms with E-state index < -0.39 is 47.0 Å². The van der Waals surface area contributed by atoms with Crippen molar-refractivity contribution in [2.45, 2.75) is 18.0 Å². The lowest BCUT2D eigenvalue weighted by atomic mass is 9.76. The average molecular weight is 531 g/mol. The number of hydrogen-bond acceptors (Lipinski definition) is 8. The Morgan fingerprint density at radius 2 is 1.72 bits per heavy atom. The Balaban J connectivity index is 1.35. The maximum Gasteiger partial charge on any atom is 0.250 e. The Bertz CT molecular complexity index is 1590. The van der Waals surface area contributed by atoms with Crippen LogP contribution in [0.2, 0.25) is 0 Å². The van der Waals surface area contributed by atoms with Gasteiger partial charge in [0.1, 0.15) is 24.6 Å². The summed E-state index contributed by atoms with van der Waals surface area (Å²) in [4.78, 5) is 42.8. The molecule has 3 amide bonds. The van der Waals surface area contributed by atoms with E-state index in [1.165, 1.54) is 30.3 Å². The van der Waals surface area contributed by atoms with E-state index in [0.717, 1.165) is 4.90 Å². The molecule has 2 saturated heterocycles. The van der Waals surface area contributed by atoms with Crippen molar-refractivity contribution in [2.75, 3.05) is 23.4 Å². The highest BCUT2D eigenvalue weighted by atomic mass is 19.1. The number of aromatic hydroxyl groups is 2. The molecule has 0 aromatic heterocycles. The van der Waals surface area contributed by atoms with E-state index in [0.29, 0.717) is 36.0 Å². The number of phenols is 2. The molecular formula is C28H22FN3O7. The Hall–Kier alpha value is -4.64. The van der Waals surface area contributed by atoms with Gasteiger partial charge in [-0.1, -0.05) is 6.07 Å². The molecule has 4 aliphatic rings. The molecular weight excluding hydrogens is 509 g/mol. The quantitative estimate of drug-likeness (QED) is 0.298. The molecule has 4 unspecified atom stereocenters. The molecule has 1 spiro atoms. The van der Waals surface area contributed by atoms with Crippen LogP contribution in [0.3, 0.4) is 0 Å². The van der Waals surface area contributed by atoms with Gasteiger partial charge < -0.3 is 25.0 Å². The standard InChI is InChI=1S/C28H22FN3O7/c29-14-2-4-17-16(11-14)28(27(37)30-17)24-23(18(31-28)9-13-1-5-19(33)20(34)10-13)25(35)32(26(24)36)15-3-6-21-22(12-15)39-8-7-38-21/h1-6,10-12,18,23-24,31,33-34H,7-9H2,(H,30,37). The largest absolute Gasteiger partial charge is 0.504 e. The van der Waals surface area contributed by atoms with Gasteiger partial charge in [-0.25, -0.2) is 9.29 Å². The summed E-state index contributed by atoms with van der Waals surface area (Å²) in [5.74, 6) is -4.17. The monoisotopic (exact) mass is 531 g/mol. The molecule has 7 rings (SSSR count). The molecule has 0 saturated carbocycles. The predicted molar refractivity (Wildman–Crippen MR) is 134 cm³/mol. The van der Waals surface area contributed by atoms with Crippen molar-refractivity contribution >= 4 is 29.1 Å². The highest BCUT2D eigenvalue weighted by Crippen LogP contribution is 2.54. The van der Waals surface area contributed by atoms with E-state index in [4.69, 9.17) is 9.47 Å². The summed E-state index contributed by atoms with van der Waals surface area (Å²) < 4.78 is 25.7. The summed E-state index contributed by atoms with van der Waals surface area (Å²) in [7, 11) is 0. The van der Waals surface area contributed by atoms with Crippen LogP contribution >= 0.6 is 0 Å². The molecule has 198 valence electrons. The normalized spacial score (nSPS) is 26.6. The van der Waals surface area contributed by atoms with Crippen molar-refractivity contribution in [3.63, 3.8) is 0 Å². The lowest BCUT2D eigenvalue weighted by molar-refractivity contribution is -0.130. The topological polar surface area (TPSA) is 137 Å². The minimum Gasteiger partial charge on any atom is -0.504 e. The number of nitrogens with zero attached hydrogens (tertiary/aromatic N) is 1. The zero-order valence-electron chi connectivity index (χ0n) is 20.3. The second-order valence-corrected chi connectivity index (χ2v) is 10.1. The summed E-state index contributed by atoms with van der Waals surface area (Å²) in [5, 5.41) is 25.7. The van der Waals surface area contributed by atoms with Gasteiger partial charge in [-0.3, -0.25) is 19.7 Å². The van der Waals surface area contributed by atoms with Gasteiger partial charge in [-0.2, -0.15) is 0 Å². The second-order valence-electron chi connectivity index (χ2n) is 10.1. The highest BCUT2D eigenvalue weighted by Gasteiger charge is 2.70. The van der Waals surface area contributed by atoms with Crippen LogP contribution in [0.5, 0.6) is 23.0 Å². The first-order chi connectivity index (χ1) is 18.8. The van der Waals surface area contributed by atoms with Crippen LogP contribution in [0.25, 0.3) is 0 Å². The van der Waals surface area contributed by atoms with Gasteiger partial charge in [0.2, 0.25) is 17.7 Å². The third kappa shape index (κ3) is 3.26. The lowest BCUT2D eigenvalue weighted by Crippen LogP contribution is -2.53. The highest BCUT2D eigenvalue weighted by molar-refractivity contribution is 6.26. The van der Waals surface area contributed by atoms with Crippen molar-refractivity contribution in [2.24, 2.45) is 11.8 Å². The number of benzene rings is 3. The Labute approximate surface area is 220 Å². The lowest BCUT2D eigenvalue weighted by Gasteiger charge is -2.30. The first-order valence-electron chi connectivity index (χ1n) is 12.5. The fraction of sp³-hybridized carbons (Fsp3) is 0.250. The number of imide groups is 1. The molecule has 2 fully saturated rings. The molecule has 0 bridgehead atoms. The number of halogens is 1. The number of carbonyl (C=O) groups excluding carboxylic acids is 3. The number of fused-ring (bicyclic) bond motifs is 5. The van der Waals surface area contributed by atoms with Crippen LogP contribution in [-0.4, -0.2) is 47.2 Å². The Morgan fingerprint density at radius 1 is 0.923 bits per heavy atom.